The molecular weight excluding hydrogens is 94.0 g/mol. The fourth-order valence-corrected chi connectivity index (χ4v) is 0.0873. The highest BCUT2D eigenvalue weighted by Gasteiger charge is 2.04. The molecule has 0 aliphatic heterocycles. The number of hydrogen-bond acceptors (Lipinski definition) is 2. The molecule has 0 atom stereocenters. The molecule has 0 fully saturated rings. The van der Waals surface area contributed by atoms with Gasteiger partial charge in [0.2, 0.25) is 0 Å². The van der Waals surface area contributed by atoms with Crippen molar-refractivity contribution in [3.63, 3.8) is 0 Å². The Hall–Kier alpha value is -0.830. The number of aliphatic carboxylic acids is 1. The second-order valence-electron chi connectivity index (χ2n) is 0.965. The van der Waals surface area contributed by atoms with Gasteiger partial charge in [-0.3, -0.25) is 0 Å². The highest BCUT2D eigenvalue weighted by atomic mass is 16.4. The van der Waals surface area contributed by atoms with Crippen LogP contribution >= 0.6 is 0 Å². The van der Waals surface area contributed by atoms with Gasteiger partial charge in [-0.25, -0.2) is 4.79 Å². The van der Waals surface area contributed by atoms with Crippen LogP contribution in [0.2, 0.25) is 0 Å². The van der Waals surface area contributed by atoms with E-state index in [2.05, 4.69) is 6.58 Å². The molecule has 0 aliphatic rings. The molecule has 0 rings (SSSR count). The Morgan fingerprint density at radius 2 is 2.29 bits per heavy atom. The predicted octanol–water partition coefficient (Wildman–Crippen LogP) is -0.252. The summed E-state index contributed by atoms with van der Waals surface area (Å²) in [5, 5.41) is 7.95. The van der Waals surface area contributed by atoms with Crippen molar-refractivity contribution in [2.24, 2.45) is 5.73 Å². The first-order valence-corrected chi connectivity index (χ1v) is 1.66. The summed E-state index contributed by atoms with van der Waals surface area (Å²) in [4.78, 5) is 9.70. The van der Waals surface area contributed by atoms with E-state index >= 15 is 0 Å². The van der Waals surface area contributed by atoms with Gasteiger partial charge in [-0.2, -0.15) is 0 Å². The Bertz CT molecular complexity index is 89.7. The maximum Gasteiger partial charge on any atom is 0.330 e. The molecule has 0 heterocycles. The monoisotopic (exact) mass is 100 g/mol. The maximum atomic E-state index is 9.70. The summed E-state index contributed by atoms with van der Waals surface area (Å²) in [5.41, 5.74) is 4.81. The number of carboxylic acid groups (broad SMARTS) is 1. The topological polar surface area (TPSA) is 63.3 Å². The first-order chi connectivity index (χ1) is 3.18. The van der Waals surface area contributed by atoms with Crippen LogP contribution in [-0.4, -0.2) is 11.1 Å². The van der Waals surface area contributed by atoms with E-state index in [-0.39, 0.29) is 6.04 Å². The standard InChI is InChI=1S/C4H6NO2/c1-2-3(5)4(6)7/h2H,1,5H2,(H,6,7). The summed E-state index contributed by atoms with van der Waals surface area (Å²) in [5.74, 6) is -1.13. The van der Waals surface area contributed by atoms with Gasteiger partial charge in [-0.15, -0.1) is 6.58 Å². The lowest BCUT2D eigenvalue weighted by Gasteiger charge is -1.91. The minimum atomic E-state index is -1.13. The zero-order valence-corrected chi connectivity index (χ0v) is 3.72. The molecule has 7 heavy (non-hydrogen) atoms. The Balaban J connectivity index is 3.55. The molecule has 3 heteroatoms. The fraction of sp³-hybridized carbons (Fsp3) is 0. The van der Waals surface area contributed by atoms with Gasteiger partial charge in [0.05, 0.1) is 0 Å². The molecule has 0 saturated carbocycles. The fourth-order valence-electron chi connectivity index (χ4n) is 0.0873. The predicted molar refractivity (Wildman–Crippen MR) is 25.3 cm³/mol. The van der Waals surface area contributed by atoms with Crippen LogP contribution in [-0.2, 0) is 4.79 Å². The maximum absolute atomic E-state index is 9.70. The quantitative estimate of drug-likeness (QED) is 0.502. The first kappa shape index (κ1) is 6.17. The van der Waals surface area contributed by atoms with Crippen molar-refractivity contribution < 1.29 is 9.90 Å². The van der Waals surface area contributed by atoms with Crippen LogP contribution in [0.25, 0.3) is 0 Å². The summed E-state index contributed by atoms with van der Waals surface area (Å²) in [6.07, 6.45) is 1.09. The molecule has 3 nitrogen and oxygen atoms in total. The van der Waals surface area contributed by atoms with Crippen LogP contribution in [0.5, 0.6) is 0 Å². The van der Waals surface area contributed by atoms with Crippen molar-refractivity contribution in [3.8, 4) is 0 Å². The van der Waals surface area contributed by atoms with E-state index in [1.807, 2.05) is 0 Å². The van der Waals surface area contributed by atoms with Crippen LogP contribution in [0.1, 0.15) is 0 Å². The SMILES string of the molecule is C=C[C](N)C(=O)O. The van der Waals surface area contributed by atoms with E-state index in [1.165, 1.54) is 0 Å². The van der Waals surface area contributed by atoms with E-state index in [0.29, 0.717) is 0 Å². The molecule has 0 aromatic heterocycles. The van der Waals surface area contributed by atoms with Crippen molar-refractivity contribution in [1.29, 1.82) is 0 Å². The third kappa shape index (κ3) is 1.94. The number of carbonyl (C=O) groups is 1. The van der Waals surface area contributed by atoms with Gasteiger partial charge >= 0.3 is 5.97 Å². The summed E-state index contributed by atoms with van der Waals surface area (Å²) >= 11 is 0. The number of nitrogens with two attached hydrogens (primary N) is 1. The third-order valence-corrected chi connectivity index (χ3v) is 0.467. The summed E-state index contributed by atoms with van der Waals surface area (Å²) in [6, 6.07) is -0.222. The van der Waals surface area contributed by atoms with Gasteiger partial charge in [-0.1, -0.05) is 6.08 Å². The van der Waals surface area contributed by atoms with Crippen molar-refractivity contribution in [1.82, 2.24) is 0 Å². The lowest BCUT2D eigenvalue weighted by molar-refractivity contribution is -0.134. The van der Waals surface area contributed by atoms with Gasteiger partial charge in [0.25, 0.3) is 0 Å². The molecule has 0 aromatic carbocycles. The first-order valence-electron chi connectivity index (χ1n) is 1.66. The lowest BCUT2D eigenvalue weighted by atomic mass is 10.3. The van der Waals surface area contributed by atoms with Crippen molar-refractivity contribution in [3.05, 3.63) is 18.7 Å². The van der Waals surface area contributed by atoms with Gasteiger partial charge in [-0.05, 0) is 0 Å². The molecule has 0 saturated heterocycles. The molecule has 1 radical (unpaired) electrons. The van der Waals surface area contributed by atoms with Crippen LogP contribution < -0.4 is 5.73 Å². The molecule has 0 spiro atoms. The van der Waals surface area contributed by atoms with Crippen molar-refractivity contribution in [2.75, 3.05) is 0 Å². The van der Waals surface area contributed by atoms with Gasteiger partial charge in [0.15, 0.2) is 6.04 Å². The summed E-state index contributed by atoms with van der Waals surface area (Å²) in [6.45, 7) is 3.14. The molecule has 0 aliphatic carbocycles. The zero-order valence-electron chi connectivity index (χ0n) is 3.72. The second kappa shape index (κ2) is 2.36. The molecule has 0 aromatic rings. The Morgan fingerprint density at radius 1 is 1.86 bits per heavy atom. The van der Waals surface area contributed by atoms with Crippen molar-refractivity contribution >= 4 is 5.97 Å². The highest BCUT2D eigenvalue weighted by molar-refractivity contribution is 5.84. The van der Waals surface area contributed by atoms with Crippen LogP contribution in [0.3, 0.4) is 0 Å². The Labute approximate surface area is 41.4 Å². The smallest absolute Gasteiger partial charge is 0.330 e. The zero-order chi connectivity index (χ0) is 5.86. The van der Waals surface area contributed by atoms with Gasteiger partial charge in [0.1, 0.15) is 0 Å². The van der Waals surface area contributed by atoms with E-state index in [9.17, 15) is 4.79 Å². The number of rotatable bonds is 2. The average Bonchev–Trinajstić information content (AvgIpc) is 1.65. The number of carboxylic acids is 1. The molecule has 0 unspecified atom stereocenters. The van der Waals surface area contributed by atoms with Crippen LogP contribution in [0.4, 0.5) is 0 Å². The summed E-state index contributed by atoms with van der Waals surface area (Å²) in [7, 11) is 0. The third-order valence-electron chi connectivity index (χ3n) is 0.467. The minimum Gasteiger partial charge on any atom is -0.480 e. The van der Waals surface area contributed by atoms with Crippen molar-refractivity contribution in [2.45, 2.75) is 0 Å². The number of hydrogen-bond donors (Lipinski definition) is 2. The summed E-state index contributed by atoms with van der Waals surface area (Å²) < 4.78 is 0. The van der Waals surface area contributed by atoms with E-state index in [0.717, 1.165) is 6.08 Å². The van der Waals surface area contributed by atoms with E-state index in [1.54, 1.807) is 0 Å². The second-order valence-corrected chi connectivity index (χ2v) is 0.965. The Morgan fingerprint density at radius 3 is 2.29 bits per heavy atom. The Kier molecular flexibility index (Phi) is 2.08. The van der Waals surface area contributed by atoms with E-state index < -0.39 is 5.97 Å². The molecule has 0 bridgehead atoms. The largest absolute Gasteiger partial charge is 0.480 e. The van der Waals surface area contributed by atoms with Crippen LogP contribution in [0, 0.1) is 6.04 Å². The average molecular weight is 100 g/mol. The van der Waals surface area contributed by atoms with Gasteiger partial charge < -0.3 is 10.8 Å². The van der Waals surface area contributed by atoms with E-state index in [4.69, 9.17) is 10.8 Å². The molecular formula is C4H6NO2. The molecule has 0 amide bonds. The van der Waals surface area contributed by atoms with Gasteiger partial charge in [0, 0.05) is 0 Å². The minimum absolute atomic E-state index is 0.222. The lowest BCUT2D eigenvalue weighted by Crippen LogP contribution is -2.17. The molecule has 39 valence electrons. The normalized spacial score (nSPS) is 8.86. The van der Waals surface area contributed by atoms with Crippen LogP contribution in [0.15, 0.2) is 12.7 Å². The highest BCUT2D eigenvalue weighted by Crippen LogP contribution is 1.85. The molecule has 3 N–H and O–H groups in total.